The molecule has 7 heterocycles. The minimum absolute atomic E-state index is 0.0216. The van der Waals surface area contributed by atoms with Crippen molar-refractivity contribution in [3.8, 4) is 28.8 Å². The zero-order chi connectivity index (χ0) is 29.5. The molecule has 0 aliphatic carbocycles. The highest BCUT2D eigenvalue weighted by atomic mass is 35.5. The smallest absolute Gasteiger partial charge is 0.207 e. The van der Waals surface area contributed by atoms with E-state index in [1.807, 2.05) is 0 Å². The number of phenols is 1. The number of aromatic nitrogens is 3. The van der Waals surface area contributed by atoms with E-state index in [4.69, 9.17) is 16.6 Å². The van der Waals surface area contributed by atoms with Gasteiger partial charge in [-0.2, -0.15) is 0 Å². The Morgan fingerprint density at radius 2 is 2.02 bits per heavy atom. The Morgan fingerprint density at radius 3 is 2.81 bits per heavy atom. The number of nitrogens with zero attached hydrogens (tertiary/aromatic N) is 5. The van der Waals surface area contributed by atoms with Gasteiger partial charge in [-0.3, -0.25) is 9.88 Å². The van der Waals surface area contributed by atoms with Gasteiger partial charge in [0, 0.05) is 55.3 Å². The van der Waals surface area contributed by atoms with E-state index in [0.717, 1.165) is 38.8 Å². The quantitative estimate of drug-likeness (QED) is 0.299. The molecule has 0 unspecified atom stereocenters. The molecule has 0 spiro atoms. The molecule has 43 heavy (non-hydrogen) atoms. The summed E-state index contributed by atoms with van der Waals surface area (Å²) < 4.78 is 45.6. The van der Waals surface area contributed by atoms with Gasteiger partial charge < -0.3 is 15.3 Å². The Kier molecular flexibility index (Phi) is 6.23. The predicted molar refractivity (Wildman–Crippen MR) is 159 cm³/mol. The summed E-state index contributed by atoms with van der Waals surface area (Å²) in [6.07, 6.45) is 4.69. The van der Waals surface area contributed by atoms with Crippen molar-refractivity contribution in [2.75, 3.05) is 31.1 Å². The molecule has 0 radical (unpaired) electrons. The van der Waals surface area contributed by atoms with Crippen LogP contribution in [0, 0.1) is 23.5 Å². The lowest BCUT2D eigenvalue weighted by molar-refractivity contribution is 0.255. The van der Waals surface area contributed by atoms with E-state index >= 15 is 4.39 Å². The number of hydrogen-bond acceptors (Lipinski definition) is 7. The molecular formula is C32H28ClF3N6O. The largest absolute Gasteiger partial charge is 0.508 e. The molecule has 11 heteroatoms. The van der Waals surface area contributed by atoms with Gasteiger partial charge in [-0.05, 0) is 61.7 Å². The van der Waals surface area contributed by atoms with Crippen molar-refractivity contribution < 1.29 is 18.3 Å². The predicted octanol–water partition coefficient (Wildman–Crippen LogP) is 5.35. The summed E-state index contributed by atoms with van der Waals surface area (Å²) >= 11 is 6.36. The Morgan fingerprint density at radius 1 is 1.14 bits per heavy atom. The van der Waals surface area contributed by atoms with Crippen LogP contribution in [0.5, 0.6) is 5.75 Å². The fourth-order valence-electron chi connectivity index (χ4n) is 7.51. The minimum atomic E-state index is -0.932. The maximum Gasteiger partial charge on any atom is 0.207 e. The van der Waals surface area contributed by atoms with Crippen LogP contribution in [0.4, 0.5) is 19.0 Å². The molecule has 7 nitrogen and oxygen atoms in total. The lowest BCUT2D eigenvalue weighted by Crippen LogP contribution is -2.61. The number of aromatic hydroxyl groups is 1. The summed E-state index contributed by atoms with van der Waals surface area (Å²) in [5.41, 5.74) is -0.514. The number of benzene rings is 2. The molecule has 4 aromatic rings. The van der Waals surface area contributed by atoms with E-state index in [1.165, 1.54) is 30.5 Å². The van der Waals surface area contributed by atoms with E-state index in [1.54, 1.807) is 0 Å². The topological polar surface area (TPSA) is 77.4 Å². The van der Waals surface area contributed by atoms with E-state index < -0.39 is 23.3 Å². The maximum atomic E-state index is 16.7. The van der Waals surface area contributed by atoms with Crippen molar-refractivity contribution in [2.45, 2.75) is 55.9 Å². The summed E-state index contributed by atoms with van der Waals surface area (Å²) in [6.45, 7) is 2.67. The Balaban J connectivity index is 1.33. The lowest BCUT2D eigenvalue weighted by atomic mass is 9.92. The molecule has 4 atom stereocenters. The van der Waals surface area contributed by atoms with Crippen LogP contribution in [0.2, 0.25) is 5.02 Å². The number of halogens is 4. The standard InChI is InChI=1S/C32H28ClF3N6O/c33-27-24(35)5-2-17-10-21(43)11-22(26(17)27)29-28(36)30-23(14-38-29)31(42-16-19-3-4-20(42)13-37-19)40-25(39-30)6-8-32-7-1-9-41(32)15-18(34)12-32/h2,5,10-11,14,18-20,37,43H,1,3-4,7,9,12-13,15-16H2/t18-,19-,20-,32-/m1/s1. The number of phenolic OH excluding ortho intramolecular Hbond substituents is 1. The Bertz CT molecular complexity index is 1870. The first-order valence-electron chi connectivity index (χ1n) is 14.7. The number of piperidine rings is 2. The number of fused-ring (bicyclic) bond motifs is 6. The van der Waals surface area contributed by atoms with Crippen molar-refractivity contribution in [3.05, 3.63) is 52.9 Å². The summed E-state index contributed by atoms with van der Waals surface area (Å²) in [5.74, 6) is 5.56. The van der Waals surface area contributed by atoms with Gasteiger partial charge in [0.2, 0.25) is 5.82 Å². The molecule has 2 aromatic carbocycles. The molecule has 2 bridgehead atoms. The molecule has 5 saturated heterocycles. The summed E-state index contributed by atoms with van der Waals surface area (Å²) in [4.78, 5) is 18.2. The number of piperazine rings is 1. The second-order valence-electron chi connectivity index (χ2n) is 12.1. The van der Waals surface area contributed by atoms with Gasteiger partial charge >= 0.3 is 0 Å². The molecular weight excluding hydrogens is 577 g/mol. The molecule has 5 fully saturated rings. The van der Waals surface area contributed by atoms with Gasteiger partial charge in [-0.25, -0.2) is 23.1 Å². The van der Waals surface area contributed by atoms with Gasteiger partial charge in [0.05, 0.1) is 15.9 Å². The first-order chi connectivity index (χ1) is 20.8. The molecule has 220 valence electrons. The molecule has 9 rings (SSSR count). The third-order valence-electron chi connectivity index (χ3n) is 9.54. The number of nitrogens with one attached hydrogen (secondary N) is 1. The van der Waals surface area contributed by atoms with Crippen LogP contribution in [-0.2, 0) is 0 Å². The third kappa shape index (κ3) is 4.32. The molecule has 2 N–H and O–H groups in total. The lowest BCUT2D eigenvalue weighted by Gasteiger charge is -2.46. The highest BCUT2D eigenvalue weighted by Crippen LogP contribution is 2.42. The Hall–Kier alpha value is -3.65. The number of pyridine rings is 1. The van der Waals surface area contributed by atoms with Crippen LogP contribution >= 0.6 is 11.6 Å². The normalized spacial score (nSPS) is 26.7. The summed E-state index contributed by atoms with van der Waals surface area (Å²) in [6, 6.07) is 5.91. The second kappa shape index (κ2) is 9.94. The summed E-state index contributed by atoms with van der Waals surface area (Å²) in [7, 11) is 0. The first-order valence-corrected chi connectivity index (χ1v) is 15.1. The van der Waals surface area contributed by atoms with Gasteiger partial charge in [0.15, 0.2) is 5.82 Å². The Labute approximate surface area is 251 Å². The van der Waals surface area contributed by atoms with Crippen LogP contribution in [0.25, 0.3) is 32.9 Å². The SMILES string of the molecule is Oc1cc(-c2ncc3c(N4C[C@H]5CC[C@@H]4CN5)nc(C#C[C@@]45CCCN4C[C@H](F)C5)nc3c2F)c2c(Cl)c(F)ccc2c1. The van der Waals surface area contributed by atoms with Gasteiger partial charge in [0.25, 0.3) is 0 Å². The number of hydrogen-bond donors (Lipinski definition) is 2. The van der Waals surface area contributed by atoms with Crippen molar-refractivity contribution in [3.63, 3.8) is 0 Å². The molecule has 0 saturated carbocycles. The summed E-state index contributed by atoms with van der Waals surface area (Å²) in [5, 5.41) is 14.9. The molecule has 0 amide bonds. The van der Waals surface area contributed by atoms with Crippen LogP contribution < -0.4 is 10.2 Å². The maximum absolute atomic E-state index is 16.7. The van der Waals surface area contributed by atoms with Crippen LogP contribution in [0.3, 0.4) is 0 Å². The number of rotatable bonds is 2. The van der Waals surface area contributed by atoms with Crippen molar-refractivity contribution in [1.82, 2.24) is 25.2 Å². The van der Waals surface area contributed by atoms with Crippen LogP contribution in [0.15, 0.2) is 30.5 Å². The highest BCUT2D eigenvalue weighted by molar-refractivity contribution is 6.37. The van der Waals surface area contributed by atoms with Crippen molar-refractivity contribution >= 4 is 39.1 Å². The zero-order valence-corrected chi connectivity index (χ0v) is 23.9. The van der Waals surface area contributed by atoms with E-state index in [-0.39, 0.29) is 44.8 Å². The van der Waals surface area contributed by atoms with Gasteiger partial charge in [-0.15, -0.1) is 0 Å². The van der Waals surface area contributed by atoms with Crippen LogP contribution in [-0.4, -0.2) is 74.9 Å². The second-order valence-corrected chi connectivity index (χ2v) is 12.5. The highest BCUT2D eigenvalue weighted by Gasteiger charge is 2.47. The fraction of sp³-hybridized carbons (Fsp3) is 0.406. The minimum Gasteiger partial charge on any atom is -0.508 e. The monoisotopic (exact) mass is 604 g/mol. The number of alkyl halides is 1. The van der Waals surface area contributed by atoms with Gasteiger partial charge in [-0.1, -0.05) is 23.6 Å². The third-order valence-corrected chi connectivity index (χ3v) is 9.91. The molecule has 5 aliphatic rings. The van der Waals surface area contributed by atoms with E-state index in [0.29, 0.717) is 42.1 Å². The number of anilines is 1. The van der Waals surface area contributed by atoms with Crippen molar-refractivity contribution in [1.29, 1.82) is 0 Å². The molecule has 5 aliphatic heterocycles. The molecule has 2 aromatic heterocycles. The van der Waals surface area contributed by atoms with Crippen LogP contribution in [0.1, 0.15) is 37.9 Å². The average Bonchev–Trinajstić information content (AvgIpc) is 3.54. The van der Waals surface area contributed by atoms with E-state index in [9.17, 15) is 13.9 Å². The first kappa shape index (κ1) is 26.9. The zero-order valence-electron chi connectivity index (χ0n) is 23.2. The van der Waals surface area contributed by atoms with Gasteiger partial charge in [0.1, 0.15) is 34.8 Å². The van der Waals surface area contributed by atoms with Crippen molar-refractivity contribution in [2.24, 2.45) is 0 Å². The average molecular weight is 605 g/mol. The fourth-order valence-corrected chi connectivity index (χ4v) is 7.78. The van der Waals surface area contributed by atoms with E-state index in [2.05, 4.69) is 36.9 Å².